The van der Waals surface area contributed by atoms with Crippen molar-refractivity contribution in [2.75, 3.05) is 12.3 Å². The van der Waals surface area contributed by atoms with E-state index in [1.165, 1.54) is 0 Å². The van der Waals surface area contributed by atoms with E-state index in [1.807, 2.05) is 11.6 Å². The monoisotopic (exact) mass is 279 g/mol. The second-order valence-corrected chi connectivity index (χ2v) is 4.51. The van der Waals surface area contributed by atoms with Gasteiger partial charge >= 0.3 is 0 Å². The van der Waals surface area contributed by atoms with Crippen molar-refractivity contribution in [1.82, 2.24) is 20.1 Å². The maximum Gasteiger partial charge on any atom is 0.252 e. The number of nitrogens with one attached hydrogen (secondary N) is 1. The van der Waals surface area contributed by atoms with Crippen molar-refractivity contribution in [3.63, 3.8) is 0 Å². The van der Waals surface area contributed by atoms with Crippen molar-refractivity contribution < 1.29 is 4.79 Å². The van der Waals surface area contributed by atoms with Gasteiger partial charge in [-0.25, -0.2) is 0 Å². The van der Waals surface area contributed by atoms with E-state index in [-0.39, 0.29) is 5.91 Å². The number of amides is 1. The van der Waals surface area contributed by atoms with Gasteiger partial charge < -0.3 is 15.6 Å². The Labute approximate surface area is 115 Å². The van der Waals surface area contributed by atoms with Crippen molar-refractivity contribution >= 4 is 23.2 Å². The molecule has 3 N–H and O–H groups in total. The van der Waals surface area contributed by atoms with Crippen LogP contribution in [0.2, 0.25) is 5.02 Å². The lowest BCUT2D eigenvalue weighted by Gasteiger charge is -2.07. The third-order valence-electron chi connectivity index (χ3n) is 2.68. The van der Waals surface area contributed by atoms with E-state index >= 15 is 0 Å². The molecule has 0 saturated carbocycles. The molecule has 1 aromatic heterocycles. The number of carbonyl (C=O) groups excluding carboxylic acids is 1. The minimum atomic E-state index is -0.229. The van der Waals surface area contributed by atoms with Crippen LogP contribution in [0.25, 0.3) is 0 Å². The molecular weight excluding hydrogens is 266 g/mol. The predicted molar refractivity (Wildman–Crippen MR) is 72.9 cm³/mol. The number of nitrogens with zero attached hydrogens (tertiary/aromatic N) is 3. The first-order chi connectivity index (χ1) is 9.08. The summed E-state index contributed by atoms with van der Waals surface area (Å²) in [5, 5.41) is 10.8. The predicted octanol–water partition coefficient (Wildman–Crippen LogP) is 1.02. The minimum absolute atomic E-state index is 0.229. The summed E-state index contributed by atoms with van der Waals surface area (Å²) in [7, 11) is 1.86. The third kappa shape index (κ3) is 3.23. The second-order valence-electron chi connectivity index (χ2n) is 4.10. The third-order valence-corrected chi connectivity index (χ3v) is 2.99. The molecule has 7 heteroatoms. The number of anilines is 1. The van der Waals surface area contributed by atoms with Crippen LogP contribution in [0.3, 0.4) is 0 Å². The molecule has 0 saturated heterocycles. The molecule has 1 amide bonds. The zero-order valence-corrected chi connectivity index (χ0v) is 11.2. The molecule has 0 aliphatic carbocycles. The number of nitrogen functional groups attached to an aromatic ring is 1. The number of hydrogen-bond donors (Lipinski definition) is 2. The highest BCUT2D eigenvalue weighted by Crippen LogP contribution is 2.18. The number of carbonyl (C=O) groups is 1. The van der Waals surface area contributed by atoms with Gasteiger partial charge in [0.25, 0.3) is 5.91 Å². The highest BCUT2D eigenvalue weighted by molar-refractivity contribution is 6.34. The lowest BCUT2D eigenvalue weighted by Crippen LogP contribution is -2.26. The van der Waals surface area contributed by atoms with Crippen LogP contribution in [-0.4, -0.2) is 27.2 Å². The fourth-order valence-electron chi connectivity index (χ4n) is 1.63. The van der Waals surface area contributed by atoms with Crippen LogP contribution in [0.4, 0.5) is 5.69 Å². The van der Waals surface area contributed by atoms with Crippen LogP contribution in [0.1, 0.15) is 16.2 Å². The molecule has 0 unspecified atom stereocenters. The van der Waals surface area contributed by atoms with Crippen LogP contribution in [0.5, 0.6) is 0 Å². The molecule has 0 spiro atoms. The SMILES string of the molecule is Cn1cnnc1CCNC(=O)c1ccc(N)cc1Cl. The number of halogens is 1. The Morgan fingerprint density at radius 1 is 1.53 bits per heavy atom. The van der Waals surface area contributed by atoms with E-state index in [9.17, 15) is 4.79 Å². The van der Waals surface area contributed by atoms with Gasteiger partial charge in [-0.15, -0.1) is 10.2 Å². The number of benzene rings is 1. The lowest BCUT2D eigenvalue weighted by atomic mass is 10.2. The maximum absolute atomic E-state index is 11.9. The second kappa shape index (κ2) is 5.71. The quantitative estimate of drug-likeness (QED) is 0.818. The molecular formula is C12H14ClN5O. The van der Waals surface area contributed by atoms with Gasteiger partial charge in [-0.05, 0) is 18.2 Å². The largest absolute Gasteiger partial charge is 0.399 e. The average Bonchev–Trinajstić information content (AvgIpc) is 2.75. The van der Waals surface area contributed by atoms with E-state index in [4.69, 9.17) is 17.3 Å². The van der Waals surface area contributed by atoms with Crippen LogP contribution in [-0.2, 0) is 13.5 Å². The molecule has 0 aliphatic rings. The van der Waals surface area contributed by atoms with E-state index in [1.54, 1.807) is 24.5 Å². The van der Waals surface area contributed by atoms with Crippen molar-refractivity contribution in [3.8, 4) is 0 Å². The topological polar surface area (TPSA) is 85.8 Å². The number of nitrogens with two attached hydrogens (primary N) is 1. The summed E-state index contributed by atoms with van der Waals surface area (Å²) in [6.07, 6.45) is 2.23. The molecule has 100 valence electrons. The van der Waals surface area contributed by atoms with Crippen molar-refractivity contribution in [2.24, 2.45) is 7.05 Å². The van der Waals surface area contributed by atoms with Crippen molar-refractivity contribution in [1.29, 1.82) is 0 Å². The first-order valence-corrected chi connectivity index (χ1v) is 6.12. The van der Waals surface area contributed by atoms with Gasteiger partial charge in [0.1, 0.15) is 12.2 Å². The van der Waals surface area contributed by atoms with Gasteiger partial charge in [0.15, 0.2) is 0 Å². The Hall–Kier alpha value is -2.08. The Morgan fingerprint density at radius 2 is 2.32 bits per heavy atom. The first kappa shape index (κ1) is 13.4. The van der Waals surface area contributed by atoms with E-state index in [2.05, 4.69) is 15.5 Å². The van der Waals surface area contributed by atoms with Crippen molar-refractivity contribution in [3.05, 3.63) is 40.9 Å². The Kier molecular flexibility index (Phi) is 4.01. The molecule has 6 nitrogen and oxygen atoms in total. The van der Waals surface area contributed by atoms with Crippen molar-refractivity contribution in [2.45, 2.75) is 6.42 Å². The fraction of sp³-hybridized carbons (Fsp3) is 0.250. The van der Waals surface area contributed by atoms with E-state index in [0.717, 1.165) is 5.82 Å². The molecule has 0 atom stereocenters. The Bertz CT molecular complexity index is 596. The van der Waals surface area contributed by atoms with E-state index < -0.39 is 0 Å². The zero-order valence-electron chi connectivity index (χ0n) is 10.4. The standard InChI is InChI=1S/C12H14ClN5O/c1-18-7-16-17-11(18)4-5-15-12(19)9-3-2-8(14)6-10(9)13/h2-3,6-7H,4-5,14H2,1H3,(H,15,19). The first-order valence-electron chi connectivity index (χ1n) is 5.74. The Balaban J connectivity index is 1.93. The summed E-state index contributed by atoms with van der Waals surface area (Å²) in [4.78, 5) is 11.9. The summed E-state index contributed by atoms with van der Waals surface area (Å²) < 4.78 is 1.81. The molecule has 0 radical (unpaired) electrons. The van der Waals surface area contributed by atoms with Gasteiger partial charge in [0, 0.05) is 25.7 Å². The molecule has 0 fully saturated rings. The summed E-state index contributed by atoms with van der Waals surface area (Å²) in [5.74, 6) is 0.580. The molecule has 1 aromatic carbocycles. The smallest absolute Gasteiger partial charge is 0.252 e. The molecule has 0 aliphatic heterocycles. The van der Waals surface area contributed by atoms with Crippen LogP contribution < -0.4 is 11.1 Å². The highest BCUT2D eigenvalue weighted by Gasteiger charge is 2.10. The lowest BCUT2D eigenvalue weighted by molar-refractivity contribution is 0.0954. The normalized spacial score (nSPS) is 10.4. The molecule has 2 aromatic rings. The Morgan fingerprint density at radius 3 is 2.95 bits per heavy atom. The van der Waals surface area contributed by atoms with Gasteiger partial charge in [-0.3, -0.25) is 4.79 Å². The van der Waals surface area contributed by atoms with Gasteiger partial charge in [-0.2, -0.15) is 0 Å². The van der Waals surface area contributed by atoms with Gasteiger partial charge in [0.05, 0.1) is 10.6 Å². The highest BCUT2D eigenvalue weighted by atomic mass is 35.5. The number of hydrogen-bond acceptors (Lipinski definition) is 4. The van der Waals surface area contributed by atoms with Crippen LogP contribution in [0, 0.1) is 0 Å². The fourth-order valence-corrected chi connectivity index (χ4v) is 1.91. The van der Waals surface area contributed by atoms with Gasteiger partial charge in [0.2, 0.25) is 0 Å². The number of aryl methyl sites for hydroxylation is 1. The molecule has 1 heterocycles. The average molecular weight is 280 g/mol. The maximum atomic E-state index is 11.9. The van der Waals surface area contributed by atoms with Crippen LogP contribution >= 0.6 is 11.6 Å². The zero-order chi connectivity index (χ0) is 13.8. The van der Waals surface area contributed by atoms with Gasteiger partial charge in [-0.1, -0.05) is 11.6 Å². The summed E-state index contributed by atoms with van der Waals surface area (Å²) in [5.41, 5.74) is 6.51. The molecule has 19 heavy (non-hydrogen) atoms. The molecule has 0 bridgehead atoms. The number of aromatic nitrogens is 3. The van der Waals surface area contributed by atoms with E-state index in [0.29, 0.717) is 29.2 Å². The summed E-state index contributed by atoms with van der Waals surface area (Å²) in [6.45, 7) is 0.464. The minimum Gasteiger partial charge on any atom is -0.399 e. The molecule has 2 rings (SSSR count). The summed E-state index contributed by atoms with van der Waals surface area (Å²) in [6, 6.07) is 4.80. The van der Waals surface area contributed by atoms with Crippen LogP contribution in [0.15, 0.2) is 24.5 Å². The summed E-state index contributed by atoms with van der Waals surface area (Å²) >= 11 is 5.96. The number of rotatable bonds is 4.